The lowest BCUT2D eigenvalue weighted by Crippen LogP contribution is -2.46. The number of para-hydroxylation sites is 1. The molecule has 8 nitrogen and oxygen atoms in total. The average Bonchev–Trinajstić information content (AvgIpc) is 3.26. The normalized spacial score (nSPS) is 14.5. The molecule has 1 aromatic heterocycles. The van der Waals surface area contributed by atoms with E-state index in [9.17, 15) is 4.79 Å². The zero-order valence-corrected chi connectivity index (χ0v) is 20.4. The van der Waals surface area contributed by atoms with E-state index < -0.39 is 5.97 Å². The molecule has 0 bridgehead atoms. The molecule has 2 heterocycles. The van der Waals surface area contributed by atoms with Crippen molar-refractivity contribution in [2.45, 2.75) is 13.0 Å². The van der Waals surface area contributed by atoms with Gasteiger partial charge < -0.3 is 28.8 Å². The summed E-state index contributed by atoms with van der Waals surface area (Å²) in [5.74, 6) is -0.215. The summed E-state index contributed by atoms with van der Waals surface area (Å²) in [7, 11) is 1.69. The monoisotopic (exact) mass is 481 g/mol. The number of nitrogens with zero attached hydrogens (tertiary/aromatic N) is 3. The van der Waals surface area contributed by atoms with Crippen molar-refractivity contribution in [2.75, 3.05) is 71.2 Å². The van der Waals surface area contributed by atoms with Gasteiger partial charge in [-0.05, 0) is 36.8 Å². The molecule has 0 aliphatic carbocycles. The highest BCUT2D eigenvalue weighted by molar-refractivity contribution is 5.93. The van der Waals surface area contributed by atoms with Gasteiger partial charge in [0.1, 0.15) is 5.75 Å². The minimum atomic E-state index is -0.924. The lowest BCUT2D eigenvalue weighted by atomic mass is 10.2. The summed E-state index contributed by atoms with van der Waals surface area (Å²) in [6, 6.07) is 15.2. The van der Waals surface area contributed by atoms with E-state index in [2.05, 4.69) is 44.8 Å². The van der Waals surface area contributed by atoms with Crippen LogP contribution in [0.1, 0.15) is 16.8 Å². The Bertz CT molecular complexity index is 1070. The van der Waals surface area contributed by atoms with Crippen LogP contribution in [0.25, 0.3) is 10.9 Å². The Morgan fingerprint density at radius 3 is 2.43 bits per heavy atom. The first-order valence-corrected chi connectivity index (χ1v) is 12.2. The molecule has 1 fully saturated rings. The van der Waals surface area contributed by atoms with Gasteiger partial charge in [-0.15, -0.1) is 0 Å². The summed E-state index contributed by atoms with van der Waals surface area (Å²) in [5, 5.41) is 10.3. The highest BCUT2D eigenvalue weighted by Crippen LogP contribution is 2.30. The number of piperazine rings is 1. The molecule has 3 aromatic rings. The lowest BCUT2D eigenvalue weighted by Gasteiger charge is -2.35. The first-order chi connectivity index (χ1) is 17.2. The molecule has 188 valence electrons. The van der Waals surface area contributed by atoms with Crippen LogP contribution in [0.3, 0.4) is 0 Å². The van der Waals surface area contributed by atoms with E-state index in [1.54, 1.807) is 31.4 Å². The largest absolute Gasteiger partial charge is 0.494 e. The van der Waals surface area contributed by atoms with Crippen LogP contribution < -0.4 is 9.64 Å². The number of carboxylic acids is 1. The second kappa shape index (κ2) is 12.6. The summed E-state index contributed by atoms with van der Waals surface area (Å²) in [5.41, 5.74) is 2.81. The quantitative estimate of drug-likeness (QED) is 0.374. The van der Waals surface area contributed by atoms with E-state index in [0.717, 1.165) is 45.7 Å². The predicted octanol–water partition coefficient (Wildman–Crippen LogP) is 3.59. The number of methoxy groups -OCH3 is 1. The van der Waals surface area contributed by atoms with E-state index in [1.165, 1.54) is 16.6 Å². The SMILES string of the molecule is COCCOCCn1cc(N2CCN(CCCOc3ccc(C(=O)O)cc3)CC2)c2ccccc21. The van der Waals surface area contributed by atoms with Gasteiger partial charge in [0.2, 0.25) is 0 Å². The molecular formula is C27H35N3O5. The van der Waals surface area contributed by atoms with Gasteiger partial charge in [0.25, 0.3) is 0 Å². The van der Waals surface area contributed by atoms with Crippen molar-refractivity contribution >= 4 is 22.6 Å². The van der Waals surface area contributed by atoms with Gasteiger partial charge in [0.15, 0.2) is 0 Å². The maximum absolute atomic E-state index is 10.9. The fourth-order valence-corrected chi connectivity index (χ4v) is 4.46. The zero-order chi connectivity index (χ0) is 24.5. The number of carboxylic acid groups (broad SMARTS) is 1. The van der Waals surface area contributed by atoms with Crippen molar-refractivity contribution in [3.05, 3.63) is 60.3 Å². The molecule has 4 rings (SSSR count). The number of hydrogen-bond donors (Lipinski definition) is 1. The molecular weight excluding hydrogens is 446 g/mol. The Balaban J connectivity index is 1.23. The number of aromatic carboxylic acids is 1. The molecule has 1 aliphatic heterocycles. The number of aromatic nitrogens is 1. The molecule has 0 spiro atoms. The Morgan fingerprint density at radius 1 is 0.914 bits per heavy atom. The van der Waals surface area contributed by atoms with Crippen molar-refractivity contribution in [1.82, 2.24) is 9.47 Å². The van der Waals surface area contributed by atoms with E-state index in [-0.39, 0.29) is 5.56 Å². The number of rotatable bonds is 13. The maximum Gasteiger partial charge on any atom is 0.335 e. The van der Waals surface area contributed by atoms with Crippen molar-refractivity contribution < 1.29 is 24.1 Å². The average molecular weight is 482 g/mol. The fourth-order valence-electron chi connectivity index (χ4n) is 4.46. The van der Waals surface area contributed by atoms with E-state index in [1.807, 2.05) is 0 Å². The number of benzene rings is 2. The van der Waals surface area contributed by atoms with Crippen LogP contribution in [0.2, 0.25) is 0 Å². The summed E-state index contributed by atoms with van der Waals surface area (Å²) in [6.07, 6.45) is 3.20. The minimum Gasteiger partial charge on any atom is -0.494 e. The van der Waals surface area contributed by atoms with Crippen LogP contribution >= 0.6 is 0 Å². The molecule has 2 aromatic carbocycles. The van der Waals surface area contributed by atoms with Gasteiger partial charge >= 0.3 is 5.97 Å². The Labute approximate surface area is 206 Å². The van der Waals surface area contributed by atoms with Crippen LogP contribution in [0.5, 0.6) is 5.75 Å². The fraction of sp³-hybridized carbons (Fsp3) is 0.444. The first-order valence-electron chi connectivity index (χ1n) is 12.2. The molecule has 0 radical (unpaired) electrons. The van der Waals surface area contributed by atoms with Crippen LogP contribution in [-0.2, 0) is 16.0 Å². The summed E-state index contributed by atoms with van der Waals surface area (Å²) >= 11 is 0. The molecule has 0 unspecified atom stereocenters. The Morgan fingerprint density at radius 2 is 1.69 bits per heavy atom. The summed E-state index contributed by atoms with van der Waals surface area (Å²) in [6.45, 7) is 8.37. The minimum absolute atomic E-state index is 0.272. The van der Waals surface area contributed by atoms with Crippen LogP contribution in [0, 0.1) is 0 Å². The standard InChI is InChI=1S/C27H35N3O5/c1-33-19-20-34-18-16-30-21-26(24-5-2-3-6-25(24)30)29-14-12-28(13-15-29)11-4-17-35-23-9-7-22(8-10-23)27(31)32/h2-3,5-10,21H,4,11-20H2,1H3,(H,31,32). The summed E-state index contributed by atoms with van der Waals surface area (Å²) in [4.78, 5) is 15.9. The second-order valence-corrected chi connectivity index (χ2v) is 8.69. The summed E-state index contributed by atoms with van der Waals surface area (Å²) < 4.78 is 18.8. The molecule has 0 atom stereocenters. The molecule has 1 N–H and O–H groups in total. The van der Waals surface area contributed by atoms with Gasteiger partial charge in [0, 0.05) is 58.0 Å². The van der Waals surface area contributed by atoms with E-state index >= 15 is 0 Å². The van der Waals surface area contributed by atoms with Gasteiger partial charge in [0.05, 0.1) is 43.2 Å². The Kier molecular flexibility index (Phi) is 9.00. The van der Waals surface area contributed by atoms with Crippen molar-refractivity contribution in [3.63, 3.8) is 0 Å². The maximum atomic E-state index is 10.9. The molecule has 35 heavy (non-hydrogen) atoms. The molecule has 1 saturated heterocycles. The predicted molar refractivity (Wildman–Crippen MR) is 137 cm³/mol. The third kappa shape index (κ3) is 6.75. The van der Waals surface area contributed by atoms with Crippen molar-refractivity contribution in [1.29, 1.82) is 0 Å². The van der Waals surface area contributed by atoms with Gasteiger partial charge in [-0.3, -0.25) is 4.90 Å². The van der Waals surface area contributed by atoms with E-state index in [0.29, 0.717) is 32.2 Å². The number of fused-ring (bicyclic) bond motifs is 1. The second-order valence-electron chi connectivity index (χ2n) is 8.69. The topological polar surface area (TPSA) is 76.4 Å². The highest BCUT2D eigenvalue weighted by Gasteiger charge is 2.20. The van der Waals surface area contributed by atoms with Crippen LogP contribution in [0.15, 0.2) is 54.7 Å². The molecule has 1 aliphatic rings. The van der Waals surface area contributed by atoms with Crippen molar-refractivity contribution in [3.8, 4) is 5.75 Å². The lowest BCUT2D eigenvalue weighted by molar-refractivity contribution is 0.0670. The highest BCUT2D eigenvalue weighted by atomic mass is 16.5. The molecule has 0 saturated carbocycles. The molecule has 0 amide bonds. The van der Waals surface area contributed by atoms with Crippen LogP contribution in [0.4, 0.5) is 5.69 Å². The Hall–Kier alpha value is -3.07. The van der Waals surface area contributed by atoms with Gasteiger partial charge in [-0.25, -0.2) is 4.79 Å². The number of ether oxygens (including phenoxy) is 3. The van der Waals surface area contributed by atoms with Crippen molar-refractivity contribution in [2.24, 2.45) is 0 Å². The third-order valence-corrected chi connectivity index (χ3v) is 6.38. The smallest absolute Gasteiger partial charge is 0.335 e. The number of anilines is 1. The third-order valence-electron chi connectivity index (χ3n) is 6.38. The van der Waals surface area contributed by atoms with E-state index in [4.69, 9.17) is 19.3 Å². The first kappa shape index (κ1) is 25.0. The van der Waals surface area contributed by atoms with Gasteiger partial charge in [-0.2, -0.15) is 0 Å². The number of carbonyl (C=O) groups is 1. The number of hydrogen-bond acceptors (Lipinski definition) is 6. The van der Waals surface area contributed by atoms with Gasteiger partial charge in [-0.1, -0.05) is 18.2 Å². The molecule has 8 heteroatoms. The zero-order valence-electron chi connectivity index (χ0n) is 20.4. The van der Waals surface area contributed by atoms with Crippen LogP contribution in [-0.4, -0.2) is 86.8 Å².